The molecule has 3 heterocycles. The van der Waals surface area contributed by atoms with Gasteiger partial charge in [-0.3, -0.25) is 14.3 Å². The monoisotopic (exact) mass is 479 g/mol. The van der Waals surface area contributed by atoms with Crippen LogP contribution in [0.2, 0.25) is 0 Å². The fourth-order valence-electron chi connectivity index (χ4n) is 3.80. The number of ether oxygens (including phenoxy) is 2. The third kappa shape index (κ3) is 5.40. The molecule has 1 aliphatic rings. The van der Waals surface area contributed by atoms with Crippen LogP contribution in [0.4, 0.5) is 0 Å². The van der Waals surface area contributed by atoms with E-state index in [4.69, 9.17) is 9.47 Å². The molecule has 8 heteroatoms. The molecule has 7 nitrogen and oxygen atoms in total. The topological polar surface area (TPSA) is 76.8 Å². The van der Waals surface area contributed by atoms with E-state index < -0.39 is 0 Å². The minimum Gasteiger partial charge on any atom is -0.508 e. The van der Waals surface area contributed by atoms with Crippen molar-refractivity contribution in [3.8, 4) is 16.2 Å². The Labute approximate surface area is 202 Å². The third-order valence-corrected chi connectivity index (χ3v) is 7.00. The van der Waals surface area contributed by atoms with Gasteiger partial charge in [0.15, 0.2) is 5.76 Å². The van der Waals surface area contributed by atoms with Gasteiger partial charge in [0, 0.05) is 17.1 Å². The molecule has 4 rings (SSSR count). The van der Waals surface area contributed by atoms with Crippen molar-refractivity contribution in [1.82, 2.24) is 14.5 Å². The fourth-order valence-corrected chi connectivity index (χ4v) is 4.84. The maximum atomic E-state index is 13.1. The smallest absolute Gasteiger partial charge is 0.275 e. The average molecular weight is 480 g/mol. The van der Waals surface area contributed by atoms with Crippen molar-refractivity contribution in [2.75, 3.05) is 33.4 Å². The summed E-state index contributed by atoms with van der Waals surface area (Å²) in [5, 5.41) is 9.52. The minimum absolute atomic E-state index is 0.182. The van der Waals surface area contributed by atoms with Crippen molar-refractivity contribution in [1.29, 1.82) is 0 Å². The molecule has 0 atom stereocenters. The number of likely N-dealkylation sites (tertiary alicyclic amines) is 1. The van der Waals surface area contributed by atoms with E-state index in [1.807, 2.05) is 25.1 Å². The number of phenols is 1. The maximum absolute atomic E-state index is 13.1. The predicted molar refractivity (Wildman–Crippen MR) is 137 cm³/mol. The molecule has 0 radical (unpaired) electrons. The number of hydrogen-bond acceptors (Lipinski definition) is 7. The largest absolute Gasteiger partial charge is 0.508 e. The van der Waals surface area contributed by atoms with Crippen LogP contribution in [-0.2, 0) is 9.47 Å². The Bertz CT molecular complexity index is 1280. The summed E-state index contributed by atoms with van der Waals surface area (Å²) in [5.41, 5.74) is 1.84. The van der Waals surface area contributed by atoms with Crippen LogP contribution in [0.1, 0.15) is 19.8 Å². The summed E-state index contributed by atoms with van der Waals surface area (Å²) in [6.07, 6.45) is 7.49. The summed E-state index contributed by atoms with van der Waals surface area (Å²) < 4.78 is 13.3. The Kier molecular flexibility index (Phi) is 7.49. The van der Waals surface area contributed by atoms with E-state index in [-0.39, 0.29) is 11.3 Å². The molecule has 0 bridgehead atoms. The van der Waals surface area contributed by atoms with Crippen molar-refractivity contribution in [2.45, 2.75) is 19.8 Å². The lowest BCUT2D eigenvalue weighted by Gasteiger charge is -2.16. The van der Waals surface area contributed by atoms with Crippen LogP contribution in [0.5, 0.6) is 5.75 Å². The van der Waals surface area contributed by atoms with Crippen molar-refractivity contribution in [2.24, 2.45) is 0 Å². The molecule has 2 aromatic heterocycles. The Morgan fingerprint density at radius 3 is 2.68 bits per heavy atom. The van der Waals surface area contributed by atoms with Crippen molar-refractivity contribution in [3.05, 3.63) is 77.3 Å². The van der Waals surface area contributed by atoms with Gasteiger partial charge in [0.05, 0.1) is 12.6 Å². The Hall–Kier alpha value is -3.36. The molecule has 3 aromatic rings. The SMILES string of the molecule is C=C(C=CC(OCCN1CCCC1)=C(C)OC)n1cnc2cc(-c3ccc(O)cc3)sc2c1=O. The molecule has 1 aliphatic heterocycles. The molecule has 0 unspecified atom stereocenters. The van der Waals surface area contributed by atoms with Crippen LogP contribution in [0.15, 0.2) is 71.7 Å². The van der Waals surface area contributed by atoms with E-state index >= 15 is 0 Å². The number of thiophene rings is 1. The molecule has 0 spiro atoms. The van der Waals surface area contributed by atoms with Gasteiger partial charge in [0.2, 0.25) is 0 Å². The van der Waals surface area contributed by atoms with Gasteiger partial charge in [-0.25, -0.2) is 4.98 Å². The summed E-state index contributed by atoms with van der Waals surface area (Å²) in [6, 6.07) is 8.76. The number of aromatic hydroxyl groups is 1. The number of aromatic nitrogens is 2. The van der Waals surface area contributed by atoms with Gasteiger partial charge < -0.3 is 14.6 Å². The quantitative estimate of drug-likeness (QED) is 0.349. The zero-order valence-electron chi connectivity index (χ0n) is 19.5. The van der Waals surface area contributed by atoms with Gasteiger partial charge >= 0.3 is 0 Å². The van der Waals surface area contributed by atoms with Crippen LogP contribution in [0, 0.1) is 0 Å². The van der Waals surface area contributed by atoms with E-state index in [0.717, 1.165) is 30.1 Å². The second-order valence-corrected chi connectivity index (χ2v) is 9.19. The lowest BCUT2D eigenvalue weighted by molar-refractivity contribution is 0.159. The van der Waals surface area contributed by atoms with Crippen LogP contribution in [-0.4, -0.2) is 52.9 Å². The Balaban J connectivity index is 1.51. The standard InChI is InChI=1S/C26H29N3O4S/c1-18(6-11-23(19(2)32-3)33-15-14-28-12-4-5-13-28)29-17-27-22-16-24(34-25(22)26(29)31)20-7-9-21(30)10-8-20/h6-11,16-17,30H,1,4-5,12-15H2,2-3H3. The second-order valence-electron chi connectivity index (χ2n) is 8.14. The highest BCUT2D eigenvalue weighted by Gasteiger charge is 2.13. The van der Waals surface area contributed by atoms with Crippen molar-refractivity contribution >= 4 is 27.3 Å². The molecule has 1 aromatic carbocycles. The Morgan fingerprint density at radius 2 is 1.97 bits per heavy atom. The molecular formula is C26H29N3O4S. The molecule has 1 fully saturated rings. The number of nitrogens with zero attached hydrogens (tertiary/aromatic N) is 3. The summed E-state index contributed by atoms with van der Waals surface area (Å²) in [6.45, 7) is 9.57. The first kappa shape index (κ1) is 23.8. The van der Waals surface area contributed by atoms with E-state index in [9.17, 15) is 9.90 Å². The summed E-state index contributed by atoms with van der Waals surface area (Å²) >= 11 is 1.37. The molecule has 1 saturated heterocycles. The Morgan fingerprint density at radius 1 is 1.24 bits per heavy atom. The van der Waals surface area contributed by atoms with Crippen LogP contribution < -0.4 is 5.56 Å². The number of allylic oxidation sites excluding steroid dienone is 4. The third-order valence-electron chi connectivity index (χ3n) is 5.84. The number of methoxy groups -OCH3 is 1. The summed E-state index contributed by atoms with van der Waals surface area (Å²) in [4.78, 5) is 20.9. The number of hydrogen-bond donors (Lipinski definition) is 1. The van der Waals surface area contributed by atoms with Gasteiger partial charge in [0.1, 0.15) is 29.1 Å². The van der Waals surface area contributed by atoms with Crippen LogP contribution in [0.3, 0.4) is 0 Å². The first-order valence-corrected chi connectivity index (χ1v) is 12.1. The van der Waals surface area contributed by atoms with E-state index in [2.05, 4.69) is 16.5 Å². The van der Waals surface area contributed by atoms with Gasteiger partial charge in [0.25, 0.3) is 5.56 Å². The van der Waals surface area contributed by atoms with E-state index in [0.29, 0.717) is 34.0 Å². The molecular weight excluding hydrogens is 450 g/mol. The highest BCUT2D eigenvalue weighted by molar-refractivity contribution is 7.22. The van der Waals surface area contributed by atoms with Crippen LogP contribution >= 0.6 is 11.3 Å². The molecule has 0 amide bonds. The minimum atomic E-state index is -0.182. The highest BCUT2D eigenvalue weighted by Crippen LogP contribution is 2.31. The van der Waals surface area contributed by atoms with Gasteiger partial charge in [-0.05, 0) is 80.9 Å². The molecule has 34 heavy (non-hydrogen) atoms. The maximum Gasteiger partial charge on any atom is 0.275 e. The zero-order chi connectivity index (χ0) is 24.1. The summed E-state index contributed by atoms with van der Waals surface area (Å²) in [5.74, 6) is 1.46. The average Bonchev–Trinajstić information content (AvgIpc) is 3.52. The first-order chi connectivity index (χ1) is 16.5. The second kappa shape index (κ2) is 10.7. The molecule has 1 N–H and O–H groups in total. The first-order valence-electron chi connectivity index (χ1n) is 11.2. The lowest BCUT2D eigenvalue weighted by Crippen LogP contribution is -2.24. The molecule has 0 saturated carbocycles. The highest BCUT2D eigenvalue weighted by atomic mass is 32.1. The summed E-state index contributed by atoms with van der Waals surface area (Å²) in [7, 11) is 1.60. The zero-order valence-corrected chi connectivity index (χ0v) is 20.3. The lowest BCUT2D eigenvalue weighted by atomic mass is 10.2. The number of phenolic OH excluding ortho intramolecular Hbond substituents is 1. The molecule has 0 aliphatic carbocycles. The normalized spacial score (nSPS) is 15.1. The number of rotatable bonds is 9. The van der Waals surface area contributed by atoms with Gasteiger partial charge in [-0.2, -0.15) is 0 Å². The molecule has 178 valence electrons. The number of benzene rings is 1. The van der Waals surface area contributed by atoms with Gasteiger partial charge in [-0.1, -0.05) is 6.58 Å². The van der Waals surface area contributed by atoms with Crippen molar-refractivity contribution in [3.63, 3.8) is 0 Å². The van der Waals surface area contributed by atoms with E-state index in [1.165, 1.54) is 35.1 Å². The van der Waals surface area contributed by atoms with Crippen molar-refractivity contribution < 1.29 is 14.6 Å². The fraction of sp³-hybridized carbons (Fsp3) is 0.308. The number of fused-ring (bicyclic) bond motifs is 1. The predicted octanol–water partition coefficient (Wildman–Crippen LogP) is 4.85. The van der Waals surface area contributed by atoms with Gasteiger partial charge in [-0.15, -0.1) is 11.3 Å². The van der Waals surface area contributed by atoms with E-state index in [1.54, 1.807) is 31.4 Å². The van der Waals surface area contributed by atoms with Crippen LogP contribution in [0.25, 0.3) is 26.4 Å².